The molecule has 2 aromatic carbocycles. The summed E-state index contributed by atoms with van der Waals surface area (Å²) in [4.78, 5) is 10.4. The third-order valence-corrected chi connectivity index (χ3v) is 4.19. The molecule has 0 saturated heterocycles. The van der Waals surface area contributed by atoms with Crippen LogP contribution in [-0.4, -0.2) is 44.0 Å². The highest BCUT2D eigenvalue weighted by Gasteiger charge is 2.19. The number of carbonyl (C=O) groups is 1. The Morgan fingerprint density at radius 1 is 1.08 bits per heavy atom. The first-order valence-corrected chi connectivity index (χ1v) is 7.88. The fraction of sp³-hybridized carbons (Fsp3) is 0. The number of phenols is 1. The van der Waals surface area contributed by atoms with Gasteiger partial charge < -0.3 is 15.3 Å². The van der Waals surface area contributed by atoms with Gasteiger partial charge in [-0.25, -0.2) is 4.79 Å². The van der Waals surface area contributed by atoms with E-state index in [1.165, 1.54) is 18.2 Å². The number of phenolic OH excluding ortho intramolecular Hbond substituents is 1. The van der Waals surface area contributed by atoms with Crippen molar-refractivity contribution in [1.82, 2.24) is 9.78 Å². The summed E-state index contributed by atoms with van der Waals surface area (Å²) in [7, 11) is -4.58. The van der Waals surface area contributed by atoms with E-state index in [1.54, 1.807) is 0 Å². The molecule has 0 saturated carbocycles. The molecule has 0 aliphatic heterocycles. The zero-order valence-electron chi connectivity index (χ0n) is 11.8. The number of benzene rings is 2. The minimum absolute atomic E-state index is 0.123. The normalized spacial score (nSPS) is 11.7. The number of carboxylic acid groups (broad SMARTS) is 1. The zero-order valence-corrected chi connectivity index (χ0v) is 12.6. The lowest BCUT2D eigenvalue weighted by molar-refractivity contribution is 0.0690. The van der Waals surface area contributed by atoms with Gasteiger partial charge in [-0.05, 0) is 12.1 Å². The van der Waals surface area contributed by atoms with Crippen LogP contribution in [0.15, 0.2) is 41.3 Å². The fourth-order valence-electron chi connectivity index (χ4n) is 2.31. The second-order valence-electron chi connectivity index (χ2n) is 4.89. The topological polar surface area (TPSA) is 150 Å². The van der Waals surface area contributed by atoms with Gasteiger partial charge in [-0.2, -0.15) is 18.2 Å². The lowest BCUT2D eigenvalue weighted by atomic mass is 10.1. The molecule has 124 valence electrons. The average molecular weight is 350 g/mol. The first-order chi connectivity index (χ1) is 11.2. The highest BCUT2D eigenvalue weighted by atomic mass is 32.2. The van der Waals surface area contributed by atoms with Crippen LogP contribution in [0, 0.1) is 0 Å². The van der Waals surface area contributed by atoms with Crippen molar-refractivity contribution in [2.24, 2.45) is 0 Å². The van der Waals surface area contributed by atoms with Crippen LogP contribution >= 0.6 is 0 Å². The van der Waals surface area contributed by atoms with E-state index >= 15 is 0 Å². The number of hydrogen-bond acceptors (Lipinski definition) is 6. The molecule has 4 N–H and O–H groups in total. The van der Waals surface area contributed by atoms with E-state index in [9.17, 15) is 28.0 Å². The van der Waals surface area contributed by atoms with Gasteiger partial charge in [0.25, 0.3) is 10.1 Å². The predicted molar refractivity (Wildman–Crippen MR) is 81.2 cm³/mol. The molecule has 1 aromatic heterocycles. The van der Waals surface area contributed by atoms with E-state index in [-0.39, 0.29) is 16.5 Å². The molecule has 0 spiro atoms. The van der Waals surface area contributed by atoms with Gasteiger partial charge in [-0.3, -0.25) is 4.55 Å². The second kappa shape index (κ2) is 5.22. The lowest BCUT2D eigenvalue weighted by Crippen LogP contribution is -2.03. The molecule has 9 nitrogen and oxygen atoms in total. The van der Waals surface area contributed by atoms with Gasteiger partial charge in [-0.1, -0.05) is 12.1 Å². The molecule has 24 heavy (non-hydrogen) atoms. The molecular formula is C14H10N2O7S. The van der Waals surface area contributed by atoms with Gasteiger partial charge >= 0.3 is 5.97 Å². The van der Waals surface area contributed by atoms with Crippen LogP contribution in [0.2, 0.25) is 0 Å². The molecule has 0 aliphatic rings. The summed E-state index contributed by atoms with van der Waals surface area (Å²) in [6, 6.07) is 7.32. The Bertz CT molecular complexity index is 1090. The fourth-order valence-corrected chi connectivity index (χ4v) is 2.84. The van der Waals surface area contributed by atoms with Crippen LogP contribution in [0.3, 0.4) is 0 Å². The van der Waals surface area contributed by atoms with Gasteiger partial charge in [0.15, 0.2) is 5.69 Å². The van der Waals surface area contributed by atoms with Gasteiger partial charge in [-0.15, -0.1) is 0 Å². The van der Waals surface area contributed by atoms with Gasteiger partial charge in [0.2, 0.25) is 5.88 Å². The molecule has 10 heteroatoms. The van der Waals surface area contributed by atoms with E-state index < -0.39 is 38.3 Å². The zero-order chi connectivity index (χ0) is 17.6. The number of hydrogen-bond donors (Lipinski definition) is 4. The smallest absolute Gasteiger partial charge is 0.356 e. The molecule has 1 heterocycles. The third kappa shape index (κ3) is 2.53. The van der Waals surface area contributed by atoms with Gasteiger partial charge in [0, 0.05) is 22.9 Å². The maximum absolute atomic E-state index is 11.3. The van der Waals surface area contributed by atoms with Crippen molar-refractivity contribution >= 4 is 26.9 Å². The van der Waals surface area contributed by atoms with E-state index in [1.807, 2.05) is 0 Å². The maximum Gasteiger partial charge on any atom is 0.356 e. The molecule has 0 atom stereocenters. The number of nitrogens with zero attached hydrogens (tertiary/aromatic N) is 2. The molecule has 3 aromatic rings. The highest BCUT2D eigenvalue weighted by molar-refractivity contribution is 7.85. The summed E-state index contributed by atoms with van der Waals surface area (Å²) < 4.78 is 32.7. The molecule has 0 aliphatic carbocycles. The third-order valence-electron chi connectivity index (χ3n) is 3.36. The number of aromatic carboxylic acids is 1. The Labute approximate surface area is 134 Å². The van der Waals surface area contributed by atoms with Crippen molar-refractivity contribution in [3.63, 3.8) is 0 Å². The van der Waals surface area contributed by atoms with Crippen LogP contribution in [0.25, 0.3) is 16.5 Å². The first kappa shape index (κ1) is 15.8. The van der Waals surface area contributed by atoms with Crippen molar-refractivity contribution < 1.29 is 33.1 Å². The molecule has 3 rings (SSSR count). The highest BCUT2D eigenvalue weighted by Crippen LogP contribution is 2.33. The Kier molecular flexibility index (Phi) is 3.43. The summed E-state index contributed by atoms with van der Waals surface area (Å²) in [6.45, 7) is 0. The number of carboxylic acids is 1. The van der Waals surface area contributed by atoms with Crippen molar-refractivity contribution in [3.8, 4) is 17.3 Å². The van der Waals surface area contributed by atoms with Crippen molar-refractivity contribution in [3.05, 3.63) is 42.1 Å². The van der Waals surface area contributed by atoms with Crippen LogP contribution in [0.1, 0.15) is 10.5 Å². The largest absolute Gasteiger partial charge is 0.507 e. The number of rotatable bonds is 3. The molecule has 0 fully saturated rings. The van der Waals surface area contributed by atoms with Gasteiger partial charge in [0.05, 0.1) is 10.6 Å². The Hall–Kier alpha value is -3.11. The molecule has 0 bridgehead atoms. The molecule has 0 unspecified atom stereocenters. The predicted octanol–water partition coefficient (Wildman–Crippen LogP) is 1.38. The molecule has 0 radical (unpaired) electrons. The minimum atomic E-state index is -4.58. The molecule has 0 amide bonds. The van der Waals surface area contributed by atoms with Crippen LogP contribution in [0.5, 0.6) is 11.6 Å². The van der Waals surface area contributed by atoms with Crippen molar-refractivity contribution in [2.75, 3.05) is 0 Å². The Morgan fingerprint density at radius 3 is 2.38 bits per heavy atom. The quantitative estimate of drug-likeness (QED) is 0.517. The number of fused-ring (bicyclic) bond motifs is 1. The van der Waals surface area contributed by atoms with Crippen LogP contribution < -0.4 is 0 Å². The summed E-state index contributed by atoms with van der Waals surface area (Å²) >= 11 is 0. The minimum Gasteiger partial charge on any atom is -0.507 e. The summed E-state index contributed by atoms with van der Waals surface area (Å²) in [6.07, 6.45) is 0. The SMILES string of the molecule is O=C(O)c1cc(O)n(-c2cccc3c(O)cc(S(=O)(=O)O)cc23)n1. The summed E-state index contributed by atoms with van der Waals surface area (Å²) in [5.74, 6) is -2.26. The monoisotopic (exact) mass is 350 g/mol. The second-order valence-corrected chi connectivity index (χ2v) is 6.32. The standard InChI is InChI=1S/C14H10N2O7S/c17-12-5-7(24(21,22)23)4-9-8(12)2-1-3-11(9)16-13(18)6-10(15-16)14(19)20/h1-6,17-18H,(H,19,20)(H,21,22,23). The van der Waals surface area contributed by atoms with Gasteiger partial charge in [0.1, 0.15) is 5.75 Å². The average Bonchev–Trinajstić information content (AvgIpc) is 2.88. The Morgan fingerprint density at radius 2 is 1.79 bits per heavy atom. The van der Waals surface area contributed by atoms with E-state index in [0.29, 0.717) is 0 Å². The van der Waals surface area contributed by atoms with Crippen molar-refractivity contribution in [2.45, 2.75) is 4.90 Å². The Balaban J connectivity index is 2.37. The number of aromatic hydroxyl groups is 2. The van der Waals surface area contributed by atoms with E-state index in [4.69, 9.17) is 5.11 Å². The van der Waals surface area contributed by atoms with E-state index in [0.717, 1.165) is 22.9 Å². The van der Waals surface area contributed by atoms with Crippen LogP contribution in [-0.2, 0) is 10.1 Å². The summed E-state index contributed by atoms with van der Waals surface area (Å²) in [5, 5.41) is 32.9. The number of aromatic nitrogens is 2. The van der Waals surface area contributed by atoms with E-state index in [2.05, 4.69) is 5.10 Å². The summed E-state index contributed by atoms with van der Waals surface area (Å²) in [5.41, 5.74) is -0.294. The maximum atomic E-state index is 11.3. The first-order valence-electron chi connectivity index (χ1n) is 6.44. The van der Waals surface area contributed by atoms with Crippen molar-refractivity contribution in [1.29, 1.82) is 0 Å². The lowest BCUT2D eigenvalue weighted by Gasteiger charge is -2.10. The molecular weight excluding hydrogens is 340 g/mol. The van der Waals surface area contributed by atoms with Crippen LogP contribution in [0.4, 0.5) is 0 Å².